The summed E-state index contributed by atoms with van der Waals surface area (Å²) in [6.07, 6.45) is 0. The number of carboxylic acid groups (broad SMARTS) is 2. The number of rotatable bonds is 6. The van der Waals surface area contributed by atoms with Crippen molar-refractivity contribution in [3.05, 3.63) is 52.2 Å². The number of carbonyl (C=O) groups is 4. The molecular formula is C17H18N2O6S. The van der Waals surface area contributed by atoms with Crippen molar-refractivity contribution in [2.45, 2.75) is 13.5 Å². The Labute approximate surface area is 153 Å². The summed E-state index contributed by atoms with van der Waals surface area (Å²) in [6.45, 7) is 2.46. The third-order valence-electron chi connectivity index (χ3n) is 2.92. The van der Waals surface area contributed by atoms with E-state index < -0.39 is 11.9 Å². The lowest BCUT2D eigenvalue weighted by molar-refractivity contribution is -0.159. The lowest BCUT2D eigenvalue weighted by atomic mass is 10.1. The van der Waals surface area contributed by atoms with Gasteiger partial charge in [-0.3, -0.25) is 9.59 Å². The van der Waals surface area contributed by atoms with Crippen LogP contribution in [0, 0.1) is 0 Å². The predicted molar refractivity (Wildman–Crippen MR) is 96.4 cm³/mol. The third kappa shape index (κ3) is 8.18. The molecule has 0 aliphatic rings. The molecule has 1 aromatic carbocycles. The number of carboxylic acids is 2. The average Bonchev–Trinajstić information content (AvgIpc) is 3.09. The van der Waals surface area contributed by atoms with Crippen LogP contribution in [0.4, 0.5) is 5.69 Å². The fraction of sp³-hybridized carbons (Fsp3) is 0.176. The number of anilines is 1. The summed E-state index contributed by atoms with van der Waals surface area (Å²) in [6, 6.07) is 10.9. The lowest BCUT2D eigenvalue weighted by Crippen LogP contribution is -2.27. The van der Waals surface area contributed by atoms with Crippen molar-refractivity contribution in [1.29, 1.82) is 0 Å². The highest BCUT2D eigenvalue weighted by molar-refractivity contribution is 7.09. The number of benzene rings is 1. The second-order valence-electron chi connectivity index (χ2n) is 4.97. The van der Waals surface area contributed by atoms with Crippen LogP contribution in [0.1, 0.15) is 22.2 Å². The number of aliphatic carboxylic acids is 2. The number of hydrogen-bond acceptors (Lipinski definition) is 6. The first kappa shape index (κ1) is 21.0. The molecule has 1 aromatic heterocycles. The topological polar surface area (TPSA) is 133 Å². The summed E-state index contributed by atoms with van der Waals surface area (Å²) in [4.78, 5) is 42.3. The zero-order chi connectivity index (χ0) is 19.5. The molecule has 0 radical (unpaired) electrons. The summed E-state index contributed by atoms with van der Waals surface area (Å²) in [5.41, 5.74) is 1.33. The highest BCUT2D eigenvalue weighted by atomic mass is 32.1. The quantitative estimate of drug-likeness (QED) is 0.445. The Morgan fingerprint density at radius 2 is 1.62 bits per heavy atom. The lowest BCUT2D eigenvalue weighted by Gasteiger charge is -2.06. The van der Waals surface area contributed by atoms with Gasteiger partial charge in [0.2, 0.25) is 5.91 Å². The van der Waals surface area contributed by atoms with E-state index in [2.05, 4.69) is 10.6 Å². The zero-order valence-electron chi connectivity index (χ0n) is 13.9. The van der Waals surface area contributed by atoms with Crippen molar-refractivity contribution in [2.75, 3.05) is 11.9 Å². The van der Waals surface area contributed by atoms with E-state index in [1.54, 1.807) is 35.6 Å². The number of Topliss-reactive ketones (excluding diaryl/α,β-unsaturated/α-hetero) is 1. The van der Waals surface area contributed by atoms with Crippen molar-refractivity contribution < 1.29 is 29.4 Å². The van der Waals surface area contributed by atoms with E-state index in [1.165, 1.54) is 11.8 Å². The van der Waals surface area contributed by atoms with E-state index in [0.29, 0.717) is 17.8 Å². The minimum atomic E-state index is -1.82. The molecular weight excluding hydrogens is 360 g/mol. The van der Waals surface area contributed by atoms with E-state index >= 15 is 0 Å². The van der Waals surface area contributed by atoms with Crippen molar-refractivity contribution in [2.24, 2.45) is 0 Å². The van der Waals surface area contributed by atoms with Crippen molar-refractivity contribution >= 4 is 40.7 Å². The van der Waals surface area contributed by atoms with Crippen LogP contribution in [0.2, 0.25) is 0 Å². The number of hydrogen-bond donors (Lipinski definition) is 4. The van der Waals surface area contributed by atoms with Gasteiger partial charge in [0.15, 0.2) is 5.78 Å². The Hall–Kier alpha value is -3.04. The summed E-state index contributed by atoms with van der Waals surface area (Å²) in [5, 5.41) is 22.7. The van der Waals surface area contributed by atoms with E-state index in [1.807, 2.05) is 17.5 Å². The Morgan fingerprint density at radius 1 is 1.00 bits per heavy atom. The number of nitrogens with one attached hydrogen (secondary N) is 2. The normalized spacial score (nSPS) is 9.58. The van der Waals surface area contributed by atoms with Crippen molar-refractivity contribution in [3.8, 4) is 0 Å². The van der Waals surface area contributed by atoms with Gasteiger partial charge < -0.3 is 20.8 Å². The van der Waals surface area contributed by atoms with Crippen LogP contribution in [0.25, 0.3) is 0 Å². The summed E-state index contributed by atoms with van der Waals surface area (Å²) >= 11 is 1.66. The van der Waals surface area contributed by atoms with Gasteiger partial charge in [0.1, 0.15) is 0 Å². The summed E-state index contributed by atoms with van der Waals surface area (Å²) in [5.74, 6) is -3.73. The molecule has 0 atom stereocenters. The first-order chi connectivity index (χ1) is 12.3. The second kappa shape index (κ2) is 10.7. The zero-order valence-corrected chi connectivity index (χ0v) is 14.7. The number of thiophene rings is 1. The smallest absolute Gasteiger partial charge is 0.414 e. The first-order valence-electron chi connectivity index (χ1n) is 7.39. The molecule has 0 spiro atoms. The average molecular weight is 378 g/mol. The van der Waals surface area contributed by atoms with Gasteiger partial charge in [-0.2, -0.15) is 0 Å². The molecule has 2 aromatic rings. The number of amides is 1. The molecule has 0 bridgehead atoms. The summed E-state index contributed by atoms with van der Waals surface area (Å²) < 4.78 is 0. The molecule has 0 unspecified atom stereocenters. The van der Waals surface area contributed by atoms with Crippen molar-refractivity contribution in [3.63, 3.8) is 0 Å². The van der Waals surface area contributed by atoms with Gasteiger partial charge in [0.25, 0.3) is 0 Å². The maximum absolute atomic E-state index is 11.7. The van der Waals surface area contributed by atoms with Crippen LogP contribution >= 0.6 is 11.3 Å². The summed E-state index contributed by atoms with van der Waals surface area (Å²) in [7, 11) is 0. The molecule has 1 heterocycles. The number of ketones is 1. The van der Waals surface area contributed by atoms with Crippen LogP contribution in [-0.2, 0) is 20.9 Å². The molecule has 8 nitrogen and oxygen atoms in total. The molecule has 1 amide bonds. The fourth-order valence-corrected chi connectivity index (χ4v) is 2.38. The highest BCUT2D eigenvalue weighted by Crippen LogP contribution is 2.10. The van der Waals surface area contributed by atoms with Crippen molar-refractivity contribution in [1.82, 2.24) is 5.32 Å². The van der Waals surface area contributed by atoms with Crippen LogP contribution in [0.3, 0.4) is 0 Å². The molecule has 0 fully saturated rings. The van der Waals surface area contributed by atoms with E-state index in [-0.39, 0.29) is 18.2 Å². The van der Waals surface area contributed by atoms with Gasteiger partial charge in [0.05, 0.1) is 6.54 Å². The molecule has 26 heavy (non-hydrogen) atoms. The molecule has 4 N–H and O–H groups in total. The Morgan fingerprint density at radius 3 is 2.08 bits per heavy atom. The maximum atomic E-state index is 11.7. The van der Waals surface area contributed by atoms with Gasteiger partial charge in [-0.15, -0.1) is 11.3 Å². The molecule has 0 saturated carbocycles. The SMILES string of the molecule is CC(=O)c1ccc(NC(=O)CNCc2cccs2)cc1.O=C(O)C(=O)O. The van der Waals surface area contributed by atoms with E-state index in [4.69, 9.17) is 19.8 Å². The first-order valence-corrected chi connectivity index (χ1v) is 8.27. The van der Waals surface area contributed by atoms with Gasteiger partial charge in [-0.1, -0.05) is 6.07 Å². The Balaban J connectivity index is 0.000000487. The Kier molecular flexibility index (Phi) is 8.68. The molecule has 9 heteroatoms. The predicted octanol–water partition coefficient (Wildman–Crippen LogP) is 1.83. The van der Waals surface area contributed by atoms with Crippen LogP contribution < -0.4 is 10.6 Å². The highest BCUT2D eigenvalue weighted by Gasteiger charge is 2.04. The van der Waals surface area contributed by atoms with Gasteiger partial charge in [-0.25, -0.2) is 9.59 Å². The molecule has 138 valence electrons. The van der Waals surface area contributed by atoms with Gasteiger partial charge in [-0.05, 0) is 42.6 Å². The van der Waals surface area contributed by atoms with Crippen LogP contribution in [0.5, 0.6) is 0 Å². The van der Waals surface area contributed by atoms with Gasteiger partial charge in [0, 0.05) is 22.7 Å². The van der Waals surface area contributed by atoms with Gasteiger partial charge >= 0.3 is 11.9 Å². The fourth-order valence-electron chi connectivity index (χ4n) is 1.71. The molecule has 0 saturated heterocycles. The minimum absolute atomic E-state index is 0.0143. The minimum Gasteiger partial charge on any atom is -0.473 e. The standard InChI is InChI=1S/C15H16N2O2S.C2H2O4/c1-11(18)12-4-6-13(7-5-12)17-15(19)10-16-9-14-3-2-8-20-14;3-1(4)2(5)6/h2-8,16H,9-10H2,1H3,(H,17,19);(H,3,4)(H,5,6). The molecule has 0 aliphatic heterocycles. The third-order valence-corrected chi connectivity index (χ3v) is 3.80. The van der Waals surface area contributed by atoms with E-state index in [9.17, 15) is 9.59 Å². The largest absolute Gasteiger partial charge is 0.473 e. The second-order valence-corrected chi connectivity index (χ2v) is 6.01. The molecule has 0 aliphatic carbocycles. The van der Waals surface area contributed by atoms with Crippen LogP contribution in [0.15, 0.2) is 41.8 Å². The van der Waals surface area contributed by atoms with Crippen LogP contribution in [-0.4, -0.2) is 40.4 Å². The maximum Gasteiger partial charge on any atom is 0.414 e. The monoisotopic (exact) mass is 378 g/mol. The Bertz CT molecular complexity index is 744. The molecule has 2 rings (SSSR count). The number of carbonyl (C=O) groups excluding carboxylic acids is 2. The van der Waals surface area contributed by atoms with E-state index in [0.717, 1.165) is 0 Å².